The monoisotopic (exact) mass is 655 g/mol. The van der Waals surface area contributed by atoms with Gasteiger partial charge in [0, 0.05) is 17.4 Å². The number of aromatic nitrogens is 2. The van der Waals surface area contributed by atoms with E-state index in [1.807, 2.05) is 27.7 Å². The predicted molar refractivity (Wildman–Crippen MR) is 170 cm³/mol. The van der Waals surface area contributed by atoms with Crippen molar-refractivity contribution in [2.24, 2.45) is 28.6 Å². The van der Waals surface area contributed by atoms with Crippen LogP contribution in [0.2, 0.25) is 0 Å². The second kappa shape index (κ2) is 12.6. The van der Waals surface area contributed by atoms with E-state index < -0.39 is 52.4 Å². The van der Waals surface area contributed by atoms with Gasteiger partial charge in [-0.15, -0.1) is 0 Å². The number of carbonyl (C=O) groups excluding carboxylic acids is 3. The molecule has 1 saturated heterocycles. The zero-order chi connectivity index (χ0) is 33.7. The zero-order valence-electron chi connectivity index (χ0n) is 28.1. The molecule has 1 aromatic heterocycles. The molecule has 2 saturated carbocycles. The fraction of sp³-hybridized carbons (Fsp3) is 0.694. The van der Waals surface area contributed by atoms with Crippen LogP contribution in [0.15, 0.2) is 18.2 Å². The van der Waals surface area contributed by atoms with E-state index in [2.05, 4.69) is 9.97 Å². The maximum atomic E-state index is 16.9. The second-order valence-corrected chi connectivity index (χ2v) is 15.2. The van der Waals surface area contributed by atoms with Crippen molar-refractivity contribution >= 4 is 29.2 Å². The van der Waals surface area contributed by atoms with E-state index in [-0.39, 0.29) is 36.8 Å². The quantitative estimate of drug-likeness (QED) is 0.268. The molecule has 0 unspecified atom stereocenters. The Kier molecular flexibility index (Phi) is 8.98. The summed E-state index contributed by atoms with van der Waals surface area (Å²) in [7, 11) is 1.51. The number of halogens is 2. The lowest BCUT2D eigenvalue weighted by molar-refractivity contribution is -0.157. The molecule has 11 heteroatoms. The smallest absolute Gasteiger partial charge is 0.306 e. The number of hydrogen-bond acceptors (Lipinski definition) is 8. The minimum atomic E-state index is -3.34. The van der Waals surface area contributed by atoms with Gasteiger partial charge in [-0.05, 0) is 74.8 Å². The minimum Gasteiger partial charge on any atom is -0.497 e. The average Bonchev–Trinajstić information content (AvgIpc) is 3.58. The molecule has 6 rings (SSSR count). The number of carbonyl (C=O) groups is 3. The topological polar surface area (TPSA) is 108 Å². The molecule has 3 fully saturated rings. The molecule has 2 aliphatic heterocycles. The third-order valence-electron chi connectivity index (χ3n) is 11.3. The number of amides is 1. The van der Waals surface area contributed by atoms with E-state index >= 15 is 8.78 Å². The Bertz CT molecular complexity index is 1520. The van der Waals surface area contributed by atoms with Crippen LogP contribution in [0.1, 0.15) is 97.6 Å². The van der Waals surface area contributed by atoms with Crippen molar-refractivity contribution in [3.05, 3.63) is 23.9 Å². The number of aldehydes is 1. The third kappa shape index (κ3) is 6.19. The lowest BCUT2D eigenvalue weighted by Gasteiger charge is -2.34. The van der Waals surface area contributed by atoms with Crippen molar-refractivity contribution in [2.45, 2.75) is 116 Å². The largest absolute Gasteiger partial charge is 0.497 e. The molecular weight excluding hydrogens is 608 g/mol. The maximum Gasteiger partial charge on any atom is 0.306 e. The first kappa shape index (κ1) is 33.5. The molecule has 3 heterocycles. The Labute approximate surface area is 275 Å². The van der Waals surface area contributed by atoms with Crippen LogP contribution < -0.4 is 9.47 Å². The molecule has 4 aliphatic rings. The van der Waals surface area contributed by atoms with Gasteiger partial charge in [-0.1, -0.05) is 34.1 Å². The first-order chi connectivity index (χ1) is 22.3. The predicted octanol–water partition coefficient (Wildman–Crippen LogP) is 6.64. The van der Waals surface area contributed by atoms with Gasteiger partial charge >= 0.3 is 11.9 Å². The number of esters is 1. The molecule has 6 atom stereocenters. The van der Waals surface area contributed by atoms with Gasteiger partial charge < -0.3 is 23.9 Å². The number of alkyl halides is 2. The van der Waals surface area contributed by atoms with Gasteiger partial charge in [0.05, 0.1) is 43.1 Å². The molecule has 256 valence electrons. The Morgan fingerprint density at radius 1 is 1.02 bits per heavy atom. The number of nitrogens with zero attached hydrogens (tertiary/aromatic N) is 3. The summed E-state index contributed by atoms with van der Waals surface area (Å²) in [5.41, 5.74) is -1.75. The molecule has 2 bridgehead atoms. The molecule has 1 amide bonds. The Morgan fingerprint density at radius 2 is 1.77 bits per heavy atom. The van der Waals surface area contributed by atoms with Gasteiger partial charge in [0.25, 0.3) is 0 Å². The standard InChI is InChI=1S/C36H47F2N3O6/c1-6-23-27(20-42)41-19-29(23)47-32-31(39-25-13-12-22(45-5)17-26(25)40-32)36(37,38)35(15-16-35)14-8-10-21-9-7-11-28(21)46-30(43)18-24(33(41)44)34(2,3)4/h12-13,17,20-21,23-24,27-29H,6-11,14-16,18-19H2,1-5H3/t21-,23-,24+,27+,28+,29-/m0/s1. The van der Waals surface area contributed by atoms with Crippen molar-refractivity contribution in [1.82, 2.24) is 14.9 Å². The molecule has 47 heavy (non-hydrogen) atoms. The van der Waals surface area contributed by atoms with Crippen LogP contribution in [-0.4, -0.2) is 64.9 Å². The van der Waals surface area contributed by atoms with Crippen molar-refractivity contribution in [2.75, 3.05) is 13.7 Å². The van der Waals surface area contributed by atoms with E-state index in [1.165, 1.54) is 12.0 Å². The van der Waals surface area contributed by atoms with Gasteiger partial charge in [0.15, 0.2) is 5.69 Å². The average molecular weight is 656 g/mol. The molecule has 2 aromatic rings. The Morgan fingerprint density at radius 3 is 2.43 bits per heavy atom. The summed E-state index contributed by atoms with van der Waals surface area (Å²) in [6, 6.07) is 4.05. The summed E-state index contributed by atoms with van der Waals surface area (Å²) >= 11 is 0. The van der Waals surface area contributed by atoms with Crippen molar-refractivity contribution in [3.63, 3.8) is 0 Å². The fourth-order valence-corrected chi connectivity index (χ4v) is 8.18. The second-order valence-electron chi connectivity index (χ2n) is 15.2. The SMILES string of the molecule is CC[C@@H]1[C@@H]2CN(C(=O)[C@H](C(C)(C)C)CC(=O)O[C@@H]3CCC[C@H]3CCCC3(CC3)C(F)(F)c3nc4ccc(OC)cc4nc3O2)[C@@H]1C=O. The first-order valence-corrected chi connectivity index (χ1v) is 17.2. The molecule has 2 aliphatic carbocycles. The minimum absolute atomic E-state index is 0.0128. The van der Waals surface area contributed by atoms with Crippen LogP contribution >= 0.6 is 0 Å². The van der Waals surface area contributed by atoms with Gasteiger partial charge in [-0.2, -0.15) is 8.78 Å². The Hall–Kier alpha value is -3.37. The van der Waals surface area contributed by atoms with Crippen LogP contribution in [-0.2, 0) is 25.0 Å². The Balaban J connectivity index is 1.45. The van der Waals surface area contributed by atoms with E-state index in [9.17, 15) is 14.4 Å². The van der Waals surface area contributed by atoms with Crippen LogP contribution in [0.3, 0.4) is 0 Å². The number of hydrogen-bond donors (Lipinski definition) is 0. The highest BCUT2D eigenvalue weighted by molar-refractivity contribution is 5.87. The molecule has 1 aromatic carbocycles. The fourth-order valence-electron chi connectivity index (χ4n) is 8.18. The molecule has 9 nitrogen and oxygen atoms in total. The normalized spacial score (nSPS) is 30.9. The van der Waals surface area contributed by atoms with E-state index in [1.54, 1.807) is 18.2 Å². The molecular formula is C36H47F2N3O6. The van der Waals surface area contributed by atoms with E-state index in [4.69, 9.17) is 14.2 Å². The maximum absolute atomic E-state index is 16.9. The van der Waals surface area contributed by atoms with Crippen LogP contribution in [0, 0.1) is 28.6 Å². The highest BCUT2D eigenvalue weighted by Crippen LogP contribution is 2.65. The molecule has 0 radical (unpaired) electrons. The third-order valence-corrected chi connectivity index (χ3v) is 11.3. The van der Waals surface area contributed by atoms with Crippen LogP contribution in [0.25, 0.3) is 11.0 Å². The van der Waals surface area contributed by atoms with E-state index in [0.717, 1.165) is 25.5 Å². The van der Waals surface area contributed by atoms with Crippen molar-refractivity contribution in [3.8, 4) is 11.6 Å². The van der Waals surface area contributed by atoms with Gasteiger partial charge in [-0.3, -0.25) is 9.59 Å². The summed E-state index contributed by atoms with van der Waals surface area (Å²) in [6.07, 6.45) is 4.75. The summed E-state index contributed by atoms with van der Waals surface area (Å²) in [5, 5.41) is 0. The number of fused-ring (bicyclic) bond motifs is 5. The summed E-state index contributed by atoms with van der Waals surface area (Å²) in [5.74, 6) is -5.05. The molecule has 0 N–H and O–H groups in total. The lowest BCUT2D eigenvalue weighted by Crippen LogP contribution is -2.46. The highest BCUT2D eigenvalue weighted by Gasteiger charge is 2.64. The van der Waals surface area contributed by atoms with Gasteiger partial charge in [-0.25, -0.2) is 9.97 Å². The lowest BCUT2D eigenvalue weighted by atomic mass is 9.77. The van der Waals surface area contributed by atoms with Crippen molar-refractivity contribution < 1.29 is 37.4 Å². The van der Waals surface area contributed by atoms with Crippen LogP contribution in [0.5, 0.6) is 11.6 Å². The van der Waals surface area contributed by atoms with Gasteiger partial charge in [0.1, 0.15) is 24.2 Å². The number of ether oxygens (including phenoxy) is 3. The van der Waals surface area contributed by atoms with E-state index in [0.29, 0.717) is 55.3 Å². The summed E-state index contributed by atoms with van der Waals surface area (Å²) in [4.78, 5) is 50.8. The number of methoxy groups -OCH3 is 1. The van der Waals surface area contributed by atoms with Gasteiger partial charge in [0.2, 0.25) is 11.8 Å². The van der Waals surface area contributed by atoms with Crippen molar-refractivity contribution in [1.29, 1.82) is 0 Å². The first-order valence-electron chi connectivity index (χ1n) is 17.2. The number of benzene rings is 1. The van der Waals surface area contributed by atoms with Crippen LogP contribution in [0.4, 0.5) is 8.78 Å². The highest BCUT2D eigenvalue weighted by atomic mass is 19.3. The summed E-state index contributed by atoms with van der Waals surface area (Å²) in [6.45, 7) is 7.55. The zero-order valence-corrected chi connectivity index (χ0v) is 28.1. The number of rotatable bonds is 3. The summed E-state index contributed by atoms with van der Waals surface area (Å²) < 4.78 is 51.5. The molecule has 1 spiro atoms.